The first-order valence-electron chi connectivity index (χ1n) is 7.39. The third kappa shape index (κ3) is 3.04. The Kier molecular flexibility index (Phi) is 4.39. The maximum atomic E-state index is 13.6. The van der Waals surface area contributed by atoms with Crippen molar-refractivity contribution in [3.8, 4) is 0 Å². The first-order chi connectivity index (χ1) is 10.1. The molecule has 6 heteroatoms. The highest BCUT2D eigenvalue weighted by atomic mass is 19.1. The van der Waals surface area contributed by atoms with Gasteiger partial charge in [0.1, 0.15) is 5.82 Å². The maximum Gasteiger partial charge on any atom is 0.491 e. The van der Waals surface area contributed by atoms with Crippen molar-refractivity contribution in [2.75, 3.05) is 12.3 Å². The molecule has 0 aromatic heterocycles. The summed E-state index contributed by atoms with van der Waals surface area (Å²) in [5, 5.41) is 0. The molecule has 1 heterocycles. The standard InChI is InChI=1S/C16H24BFN2O2/c1-10-11(7-13(18)8-14(10)20)6-12(9-19)17-21-15(2,3)16(4,5)22-17/h6-8H,9,19-20H2,1-5H3. The fourth-order valence-corrected chi connectivity index (χ4v) is 2.29. The molecule has 4 N–H and O–H groups in total. The molecule has 4 nitrogen and oxygen atoms in total. The number of rotatable bonds is 3. The van der Waals surface area contributed by atoms with E-state index in [9.17, 15) is 4.39 Å². The SMILES string of the molecule is Cc1c(N)cc(F)cc1C=C(CN)B1OC(C)(C)C(C)(C)O1. The van der Waals surface area contributed by atoms with Gasteiger partial charge in [0.25, 0.3) is 0 Å². The topological polar surface area (TPSA) is 70.5 Å². The van der Waals surface area contributed by atoms with Crippen molar-refractivity contribution in [1.29, 1.82) is 0 Å². The van der Waals surface area contributed by atoms with Crippen molar-refractivity contribution < 1.29 is 13.7 Å². The average Bonchev–Trinajstić information content (AvgIpc) is 2.60. The van der Waals surface area contributed by atoms with E-state index < -0.39 is 18.3 Å². The zero-order chi connectivity index (χ0) is 16.7. The van der Waals surface area contributed by atoms with Crippen LogP contribution in [-0.2, 0) is 9.31 Å². The molecule has 0 amide bonds. The van der Waals surface area contributed by atoms with Gasteiger partial charge < -0.3 is 20.8 Å². The molecule has 0 saturated carbocycles. The molecule has 0 unspecified atom stereocenters. The second-order valence-corrected chi connectivity index (χ2v) is 6.72. The van der Waals surface area contributed by atoms with Gasteiger partial charge in [0, 0.05) is 12.2 Å². The summed E-state index contributed by atoms with van der Waals surface area (Å²) in [7, 11) is -0.543. The van der Waals surface area contributed by atoms with Crippen LogP contribution in [0.1, 0.15) is 38.8 Å². The first kappa shape index (κ1) is 17.0. The van der Waals surface area contributed by atoms with Gasteiger partial charge in [-0.3, -0.25) is 0 Å². The van der Waals surface area contributed by atoms with Gasteiger partial charge in [-0.2, -0.15) is 0 Å². The summed E-state index contributed by atoms with van der Waals surface area (Å²) in [6.45, 7) is 10.0. The van der Waals surface area contributed by atoms with Crippen LogP contribution in [0.15, 0.2) is 17.6 Å². The quantitative estimate of drug-likeness (QED) is 0.665. The van der Waals surface area contributed by atoms with Gasteiger partial charge in [-0.25, -0.2) is 4.39 Å². The maximum absolute atomic E-state index is 13.6. The van der Waals surface area contributed by atoms with Crippen LogP contribution in [0.2, 0.25) is 0 Å². The zero-order valence-electron chi connectivity index (χ0n) is 13.9. The molecular weight excluding hydrogens is 282 g/mol. The van der Waals surface area contributed by atoms with Crippen molar-refractivity contribution in [2.45, 2.75) is 45.8 Å². The molecule has 22 heavy (non-hydrogen) atoms. The largest absolute Gasteiger partial charge is 0.491 e. The smallest absolute Gasteiger partial charge is 0.400 e. The molecule has 1 aromatic carbocycles. The van der Waals surface area contributed by atoms with Gasteiger partial charge in [0.05, 0.1) is 11.2 Å². The van der Waals surface area contributed by atoms with E-state index in [0.717, 1.165) is 11.0 Å². The Morgan fingerprint density at radius 3 is 2.27 bits per heavy atom. The number of benzene rings is 1. The van der Waals surface area contributed by atoms with Crippen molar-refractivity contribution >= 4 is 18.9 Å². The molecule has 1 aromatic rings. The van der Waals surface area contributed by atoms with E-state index in [-0.39, 0.29) is 12.4 Å². The minimum atomic E-state index is -0.543. The van der Waals surface area contributed by atoms with Gasteiger partial charge >= 0.3 is 7.12 Å². The summed E-state index contributed by atoms with van der Waals surface area (Å²) >= 11 is 0. The molecule has 1 aliphatic rings. The van der Waals surface area contributed by atoms with Crippen LogP contribution in [-0.4, -0.2) is 24.9 Å². The predicted octanol–water partition coefficient (Wildman–Crippen LogP) is 2.69. The fourth-order valence-electron chi connectivity index (χ4n) is 2.29. The third-order valence-corrected chi connectivity index (χ3v) is 4.59. The average molecular weight is 306 g/mol. The van der Waals surface area contributed by atoms with E-state index in [1.165, 1.54) is 12.1 Å². The van der Waals surface area contributed by atoms with Crippen molar-refractivity contribution in [3.05, 3.63) is 34.5 Å². The number of hydrogen-bond acceptors (Lipinski definition) is 4. The first-order valence-corrected chi connectivity index (χ1v) is 7.39. The van der Waals surface area contributed by atoms with Crippen molar-refractivity contribution in [2.24, 2.45) is 5.73 Å². The lowest BCUT2D eigenvalue weighted by Gasteiger charge is -2.32. The van der Waals surface area contributed by atoms with Crippen LogP contribution in [0.25, 0.3) is 6.08 Å². The van der Waals surface area contributed by atoms with Crippen LogP contribution < -0.4 is 11.5 Å². The highest BCUT2D eigenvalue weighted by molar-refractivity contribution is 6.55. The summed E-state index contributed by atoms with van der Waals surface area (Å²) < 4.78 is 25.6. The molecule has 1 aliphatic heterocycles. The molecule has 2 rings (SSSR count). The van der Waals surface area contributed by atoms with Crippen LogP contribution in [0.4, 0.5) is 10.1 Å². The molecule has 0 radical (unpaired) electrons. The van der Waals surface area contributed by atoms with Gasteiger partial charge in [-0.1, -0.05) is 6.08 Å². The highest BCUT2D eigenvalue weighted by Crippen LogP contribution is 2.38. The van der Waals surface area contributed by atoms with Crippen LogP contribution in [0.3, 0.4) is 0 Å². The molecule has 0 bridgehead atoms. The number of anilines is 1. The lowest BCUT2D eigenvalue weighted by Crippen LogP contribution is -2.41. The Balaban J connectivity index is 2.38. The highest BCUT2D eigenvalue weighted by Gasteiger charge is 2.52. The molecule has 1 fully saturated rings. The van der Waals surface area contributed by atoms with E-state index in [4.69, 9.17) is 20.8 Å². The van der Waals surface area contributed by atoms with Crippen molar-refractivity contribution in [3.63, 3.8) is 0 Å². The predicted molar refractivity (Wildman–Crippen MR) is 88.7 cm³/mol. The van der Waals surface area contributed by atoms with Gasteiger partial charge in [-0.15, -0.1) is 0 Å². The Bertz CT molecular complexity index is 598. The summed E-state index contributed by atoms with van der Waals surface area (Å²) in [5.74, 6) is -0.375. The molecule has 120 valence electrons. The summed E-state index contributed by atoms with van der Waals surface area (Å²) in [5.41, 5.74) is 13.4. The number of hydrogen-bond donors (Lipinski definition) is 2. The number of halogens is 1. The van der Waals surface area contributed by atoms with E-state index >= 15 is 0 Å². The molecule has 0 atom stereocenters. The molecule has 0 aliphatic carbocycles. The van der Waals surface area contributed by atoms with Gasteiger partial charge in [-0.05, 0) is 63.4 Å². The number of nitrogens with two attached hydrogens (primary N) is 2. The molecular formula is C16H24BFN2O2. The summed E-state index contributed by atoms with van der Waals surface area (Å²) in [6, 6.07) is 2.75. The molecule has 0 spiro atoms. The Morgan fingerprint density at radius 2 is 1.77 bits per heavy atom. The minimum Gasteiger partial charge on any atom is -0.400 e. The summed E-state index contributed by atoms with van der Waals surface area (Å²) in [6.07, 6.45) is 1.80. The Morgan fingerprint density at radius 1 is 1.23 bits per heavy atom. The normalized spacial score (nSPS) is 20.5. The fraction of sp³-hybridized carbons (Fsp3) is 0.500. The monoisotopic (exact) mass is 306 g/mol. The Hall–Kier alpha value is -1.37. The second kappa shape index (κ2) is 5.68. The van der Waals surface area contributed by atoms with Crippen LogP contribution in [0.5, 0.6) is 0 Å². The van der Waals surface area contributed by atoms with E-state index in [0.29, 0.717) is 11.3 Å². The zero-order valence-corrected chi connectivity index (χ0v) is 13.9. The van der Waals surface area contributed by atoms with Crippen LogP contribution in [0, 0.1) is 12.7 Å². The lowest BCUT2D eigenvalue weighted by atomic mass is 9.77. The third-order valence-electron chi connectivity index (χ3n) is 4.59. The van der Waals surface area contributed by atoms with E-state index in [1.54, 1.807) is 6.08 Å². The minimum absolute atomic E-state index is 0.257. The van der Waals surface area contributed by atoms with E-state index in [1.807, 2.05) is 34.6 Å². The van der Waals surface area contributed by atoms with Crippen molar-refractivity contribution in [1.82, 2.24) is 0 Å². The van der Waals surface area contributed by atoms with Gasteiger partial charge in [0.15, 0.2) is 0 Å². The lowest BCUT2D eigenvalue weighted by molar-refractivity contribution is 0.00578. The second-order valence-electron chi connectivity index (χ2n) is 6.72. The van der Waals surface area contributed by atoms with Crippen LogP contribution >= 0.6 is 0 Å². The van der Waals surface area contributed by atoms with E-state index in [2.05, 4.69) is 0 Å². The molecule has 1 saturated heterocycles. The summed E-state index contributed by atoms with van der Waals surface area (Å²) in [4.78, 5) is 0. The van der Waals surface area contributed by atoms with Gasteiger partial charge in [0.2, 0.25) is 0 Å². The Labute approximate surface area is 131 Å². The number of nitrogen functional groups attached to an aromatic ring is 1.